The van der Waals surface area contributed by atoms with Crippen LogP contribution in [0.1, 0.15) is 63.0 Å². The minimum absolute atomic E-state index is 0.108. The van der Waals surface area contributed by atoms with E-state index in [0.717, 1.165) is 74.7 Å². The summed E-state index contributed by atoms with van der Waals surface area (Å²) in [6, 6.07) is 14.5. The van der Waals surface area contributed by atoms with Crippen molar-refractivity contribution in [3.05, 3.63) is 65.6 Å². The number of aromatic nitrogens is 2. The van der Waals surface area contributed by atoms with Gasteiger partial charge in [-0.3, -0.25) is 9.79 Å². The Hall–Kier alpha value is -4.74. The second-order valence-corrected chi connectivity index (χ2v) is 14.1. The van der Waals surface area contributed by atoms with Crippen LogP contribution in [0.5, 0.6) is 5.75 Å². The molecule has 0 saturated carbocycles. The first kappa shape index (κ1) is 32.5. The number of hydrogen-bond acceptors (Lipinski definition) is 8. The molecule has 11 heteroatoms. The zero-order chi connectivity index (χ0) is 34.5. The molecule has 8 rings (SSSR count). The van der Waals surface area contributed by atoms with Gasteiger partial charge in [0.2, 0.25) is 5.91 Å². The minimum Gasteiger partial charge on any atom is -0.488 e. The van der Waals surface area contributed by atoms with E-state index in [-0.39, 0.29) is 24.0 Å². The number of likely N-dealkylation sites (tertiary alicyclic amines) is 1. The monoisotopic (exact) mass is 676 g/mol. The van der Waals surface area contributed by atoms with Gasteiger partial charge in [0.15, 0.2) is 0 Å². The number of fused-ring (bicyclic) bond motifs is 6. The summed E-state index contributed by atoms with van der Waals surface area (Å²) >= 11 is 0. The molecule has 2 saturated heterocycles. The molecule has 0 spiro atoms. The molecule has 0 bridgehead atoms. The Kier molecular flexibility index (Phi) is 8.56. The lowest BCUT2D eigenvalue weighted by atomic mass is 9.90. The number of aromatic amines is 1. The van der Waals surface area contributed by atoms with Gasteiger partial charge in [-0.2, -0.15) is 0 Å². The topological polar surface area (TPSA) is 130 Å². The molecule has 11 nitrogen and oxygen atoms in total. The predicted octanol–water partition coefficient (Wildman–Crippen LogP) is 6.23. The normalized spacial score (nSPS) is 21.4. The first-order valence-corrected chi connectivity index (χ1v) is 17.8. The second-order valence-electron chi connectivity index (χ2n) is 14.1. The van der Waals surface area contributed by atoms with Gasteiger partial charge in [-0.15, -0.1) is 0 Å². The van der Waals surface area contributed by atoms with Crippen LogP contribution in [-0.2, 0) is 27.3 Å². The van der Waals surface area contributed by atoms with Crippen molar-refractivity contribution < 1.29 is 23.8 Å². The molecule has 260 valence electrons. The Labute approximate surface area is 291 Å². The molecule has 4 atom stereocenters. The van der Waals surface area contributed by atoms with E-state index in [0.29, 0.717) is 38.6 Å². The summed E-state index contributed by atoms with van der Waals surface area (Å²) in [5.41, 5.74) is 8.50. The van der Waals surface area contributed by atoms with Crippen molar-refractivity contribution in [2.24, 2.45) is 10.9 Å². The molecular weight excluding hydrogens is 632 g/mol. The highest BCUT2D eigenvalue weighted by Gasteiger charge is 2.43. The van der Waals surface area contributed by atoms with E-state index in [1.807, 2.05) is 31.9 Å². The van der Waals surface area contributed by atoms with Gasteiger partial charge in [0.05, 0.1) is 42.9 Å². The number of aliphatic imine (C=N–C) groups is 1. The number of nitrogens with zero attached hydrogens (tertiary/aromatic N) is 3. The van der Waals surface area contributed by atoms with Crippen LogP contribution >= 0.6 is 0 Å². The average Bonchev–Trinajstić information content (AvgIpc) is 3.95. The number of carbonyl (C=O) groups is 2. The molecule has 4 aliphatic rings. The molecule has 2 amide bonds. The summed E-state index contributed by atoms with van der Waals surface area (Å²) in [6.45, 7) is 8.33. The zero-order valence-corrected chi connectivity index (χ0v) is 29.0. The Morgan fingerprint density at radius 2 is 2.02 bits per heavy atom. The number of hydrogen-bond donors (Lipinski definition) is 3. The molecule has 5 heterocycles. The molecule has 0 unspecified atom stereocenters. The highest BCUT2D eigenvalue weighted by molar-refractivity contribution is 6.06. The molecule has 2 fully saturated rings. The Balaban J connectivity index is 1.06. The third kappa shape index (κ3) is 5.82. The Morgan fingerprint density at radius 3 is 2.80 bits per heavy atom. The van der Waals surface area contributed by atoms with Crippen LogP contribution in [0.2, 0.25) is 0 Å². The van der Waals surface area contributed by atoms with E-state index >= 15 is 0 Å². The van der Waals surface area contributed by atoms with Crippen LogP contribution < -0.4 is 15.4 Å². The van der Waals surface area contributed by atoms with Gasteiger partial charge in [0.1, 0.15) is 24.2 Å². The SMILES string of the molecule is CCO[C@H]1C[C@@H](C2=Nc3ccc4cc5c(cc4c3C2)OCc2cc(-c3cnc([C@@H]4CCCN4)[nH]3)ccc2-5)N(C(=O)[C@@H](NC(=O)OC)C(C)C)C1. The standard InChI is InChI=1S/C39H44N6O5/c1-5-49-25-15-34(45(19-25)38(46)36(21(2)3)44-39(47)48-4)32-16-28-27-17-35-29(14-22(27)9-11-30(28)42-32)26-10-8-23(13-24(26)20-50-35)33-18-41-37(43-33)31-7-6-12-40-31/h8-11,13-14,17-18,21,25,31,34,36,40H,5-7,12,15-16,19-20H2,1-4H3,(H,41,43)(H,44,47)/t25-,31-,34-,36-/m0/s1. The number of benzene rings is 3. The second kappa shape index (κ2) is 13.2. The molecule has 3 N–H and O–H groups in total. The van der Waals surface area contributed by atoms with E-state index in [1.54, 1.807) is 0 Å². The minimum atomic E-state index is -0.718. The number of amides is 2. The van der Waals surface area contributed by atoms with Gasteiger partial charge >= 0.3 is 6.09 Å². The number of imidazole rings is 1. The lowest BCUT2D eigenvalue weighted by Crippen LogP contribution is -2.54. The summed E-state index contributed by atoms with van der Waals surface area (Å²) in [4.78, 5) is 41.3. The lowest BCUT2D eigenvalue weighted by Gasteiger charge is -2.30. The lowest BCUT2D eigenvalue weighted by molar-refractivity contribution is -0.134. The summed E-state index contributed by atoms with van der Waals surface area (Å²) in [5, 5.41) is 8.49. The van der Waals surface area contributed by atoms with Gasteiger partial charge in [0, 0.05) is 37.3 Å². The van der Waals surface area contributed by atoms with Crippen molar-refractivity contribution in [1.29, 1.82) is 0 Å². The zero-order valence-electron chi connectivity index (χ0n) is 29.0. The number of ether oxygens (including phenoxy) is 3. The first-order chi connectivity index (χ1) is 24.3. The number of H-pyrrole nitrogens is 1. The maximum atomic E-state index is 14.0. The molecule has 4 aliphatic heterocycles. The molecule has 50 heavy (non-hydrogen) atoms. The predicted molar refractivity (Wildman–Crippen MR) is 192 cm³/mol. The average molecular weight is 677 g/mol. The van der Waals surface area contributed by atoms with E-state index in [9.17, 15) is 9.59 Å². The molecule has 4 aromatic rings. The Morgan fingerprint density at radius 1 is 1.14 bits per heavy atom. The van der Waals surface area contributed by atoms with Crippen molar-refractivity contribution in [3.63, 3.8) is 0 Å². The van der Waals surface area contributed by atoms with Gasteiger partial charge in [-0.1, -0.05) is 32.0 Å². The quantitative estimate of drug-likeness (QED) is 0.202. The van der Waals surface area contributed by atoms with Crippen LogP contribution in [0.3, 0.4) is 0 Å². The van der Waals surface area contributed by atoms with Crippen LogP contribution in [0.25, 0.3) is 33.2 Å². The van der Waals surface area contributed by atoms with E-state index in [4.69, 9.17) is 19.2 Å². The number of alkyl carbamates (subject to hydrolysis) is 1. The van der Waals surface area contributed by atoms with Crippen molar-refractivity contribution in [2.75, 3.05) is 26.8 Å². The number of carbonyl (C=O) groups excluding carboxylic acids is 2. The van der Waals surface area contributed by atoms with Crippen LogP contribution in [0.15, 0.2) is 53.7 Å². The summed E-state index contributed by atoms with van der Waals surface area (Å²) in [6.07, 6.45) is 4.76. The summed E-state index contributed by atoms with van der Waals surface area (Å²) in [7, 11) is 1.30. The summed E-state index contributed by atoms with van der Waals surface area (Å²) in [5.74, 6) is 1.59. The fourth-order valence-corrected chi connectivity index (χ4v) is 8.06. The van der Waals surface area contributed by atoms with Gasteiger partial charge in [-0.25, -0.2) is 9.78 Å². The van der Waals surface area contributed by atoms with Crippen molar-refractivity contribution in [1.82, 2.24) is 25.5 Å². The van der Waals surface area contributed by atoms with Crippen molar-refractivity contribution >= 4 is 34.2 Å². The van der Waals surface area contributed by atoms with Gasteiger partial charge in [0.25, 0.3) is 0 Å². The molecular formula is C39H44N6O5. The van der Waals surface area contributed by atoms with Crippen LogP contribution in [0, 0.1) is 5.92 Å². The van der Waals surface area contributed by atoms with Crippen LogP contribution in [-0.4, -0.2) is 77.6 Å². The largest absolute Gasteiger partial charge is 0.488 e. The van der Waals surface area contributed by atoms with E-state index in [2.05, 4.69) is 63.1 Å². The third-order valence-electron chi connectivity index (χ3n) is 10.6. The van der Waals surface area contributed by atoms with Gasteiger partial charge < -0.3 is 34.7 Å². The van der Waals surface area contributed by atoms with Crippen LogP contribution in [0.4, 0.5) is 10.5 Å². The fraction of sp³-hybridized carbons (Fsp3) is 0.436. The molecule has 3 aromatic carbocycles. The highest BCUT2D eigenvalue weighted by Crippen LogP contribution is 2.45. The fourth-order valence-electron chi connectivity index (χ4n) is 8.06. The highest BCUT2D eigenvalue weighted by atomic mass is 16.5. The number of rotatable bonds is 8. The maximum Gasteiger partial charge on any atom is 0.407 e. The molecule has 1 aromatic heterocycles. The maximum absolute atomic E-state index is 14.0. The number of methoxy groups -OCH3 is 1. The molecule has 0 radical (unpaired) electrons. The molecule has 0 aliphatic carbocycles. The van der Waals surface area contributed by atoms with E-state index in [1.165, 1.54) is 19.1 Å². The van der Waals surface area contributed by atoms with E-state index < -0.39 is 12.1 Å². The number of nitrogens with one attached hydrogen (secondary N) is 3. The summed E-state index contributed by atoms with van der Waals surface area (Å²) < 4.78 is 17.3. The van der Waals surface area contributed by atoms with Crippen molar-refractivity contribution in [2.45, 2.75) is 77.3 Å². The third-order valence-corrected chi connectivity index (χ3v) is 10.6. The Bertz CT molecular complexity index is 2000. The smallest absolute Gasteiger partial charge is 0.407 e. The van der Waals surface area contributed by atoms with Crippen molar-refractivity contribution in [3.8, 4) is 28.1 Å². The van der Waals surface area contributed by atoms with Gasteiger partial charge in [-0.05, 0) is 89.5 Å². The first-order valence-electron chi connectivity index (χ1n) is 17.8.